The Morgan fingerprint density at radius 2 is 2.00 bits per heavy atom. The number of nitriles is 1. The molecule has 1 aliphatic rings. The van der Waals surface area contributed by atoms with Gasteiger partial charge in [-0.15, -0.1) is 5.10 Å². The number of ether oxygens (including phenoxy) is 1. The first-order valence-corrected chi connectivity index (χ1v) is 8.36. The van der Waals surface area contributed by atoms with Crippen LogP contribution in [0.3, 0.4) is 0 Å². The Labute approximate surface area is 152 Å². The van der Waals surface area contributed by atoms with E-state index in [0.29, 0.717) is 17.2 Å². The third-order valence-corrected chi connectivity index (χ3v) is 4.65. The van der Waals surface area contributed by atoms with Crippen LogP contribution in [-0.4, -0.2) is 10.2 Å². The molecule has 3 heterocycles. The number of aromatic nitrogens is 2. The zero-order valence-electron chi connectivity index (χ0n) is 13.2. The van der Waals surface area contributed by atoms with Gasteiger partial charge in [0.1, 0.15) is 23.2 Å². The molecule has 0 bridgehead atoms. The van der Waals surface area contributed by atoms with Crippen molar-refractivity contribution in [1.29, 1.82) is 5.26 Å². The summed E-state index contributed by atoms with van der Waals surface area (Å²) in [6, 6.07) is 13.6. The number of H-pyrrole nitrogens is 1. The minimum Gasteiger partial charge on any atom is -0.465 e. The molecule has 0 spiro atoms. The Morgan fingerprint density at radius 3 is 2.64 bits per heavy atom. The number of nitrogens with one attached hydrogen (secondary N) is 1. The van der Waals surface area contributed by atoms with Gasteiger partial charge < -0.3 is 14.9 Å². The van der Waals surface area contributed by atoms with Gasteiger partial charge in [-0.25, -0.2) is 0 Å². The summed E-state index contributed by atoms with van der Waals surface area (Å²) in [5.74, 6) is 1.31. The van der Waals surface area contributed by atoms with Crippen LogP contribution in [0.5, 0.6) is 5.88 Å². The molecule has 0 radical (unpaired) electrons. The number of aryl methyl sites for hydroxylation is 1. The second-order valence-corrected chi connectivity index (χ2v) is 6.61. The molecule has 3 N–H and O–H groups in total. The largest absolute Gasteiger partial charge is 0.465 e. The number of fused-ring (bicyclic) bond motifs is 1. The quantitative estimate of drug-likeness (QED) is 0.682. The van der Waals surface area contributed by atoms with Crippen LogP contribution in [0.15, 0.2) is 56.7 Å². The van der Waals surface area contributed by atoms with E-state index in [0.717, 1.165) is 27.1 Å². The number of hydrogen-bond acceptors (Lipinski definition) is 5. The predicted molar refractivity (Wildman–Crippen MR) is 94.5 cm³/mol. The molecule has 3 aromatic rings. The van der Waals surface area contributed by atoms with E-state index in [2.05, 4.69) is 32.2 Å². The van der Waals surface area contributed by atoms with E-state index in [1.165, 1.54) is 0 Å². The molecule has 0 amide bonds. The fourth-order valence-corrected chi connectivity index (χ4v) is 3.24. The molecule has 4 rings (SSSR count). The normalized spacial score (nSPS) is 16.3. The number of halogens is 1. The van der Waals surface area contributed by atoms with Gasteiger partial charge in [0.25, 0.3) is 0 Å². The van der Waals surface area contributed by atoms with Crippen LogP contribution in [0, 0.1) is 18.3 Å². The van der Waals surface area contributed by atoms with Crippen molar-refractivity contribution in [2.45, 2.75) is 12.8 Å². The molecular weight excluding hydrogens is 384 g/mol. The fourth-order valence-electron chi connectivity index (χ4n) is 2.97. The summed E-state index contributed by atoms with van der Waals surface area (Å²) in [7, 11) is 0. The predicted octanol–water partition coefficient (Wildman–Crippen LogP) is 3.96. The van der Waals surface area contributed by atoms with E-state index >= 15 is 0 Å². The Kier molecular flexibility index (Phi) is 3.62. The molecule has 0 saturated heterocycles. The summed E-state index contributed by atoms with van der Waals surface area (Å²) >= 11 is 3.43. The molecule has 7 heteroatoms. The minimum atomic E-state index is -0.472. The molecule has 0 unspecified atom stereocenters. The van der Waals surface area contributed by atoms with E-state index in [-0.39, 0.29) is 5.88 Å². The zero-order chi connectivity index (χ0) is 17.6. The Bertz CT molecular complexity index is 1020. The van der Waals surface area contributed by atoms with Crippen molar-refractivity contribution in [3.8, 4) is 23.2 Å². The number of nitrogens with zero attached hydrogens (tertiary/aromatic N) is 2. The van der Waals surface area contributed by atoms with E-state index < -0.39 is 5.92 Å². The SMILES string of the molecule is Cc1ccc([C@H]2C(C#N)=C(N)Oc3n[nH]c(-c4ccc(Br)cc4)c32)o1. The van der Waals surface area contributed by atoms with E-state index in [1.807, 2.05) is 43.3 Å². The van der Waals surface area contributed by atoms with Gasteiger partial charge in [-0.2, -0.15) is 5.26 Å². The molecule has 1 atom stereocenters. The van der Waals surface area contributed by atoms with Crippen LogP contribution in [0.25, 0.3) is 11.3 Å². The average molecular weight is 397 g/mol. The molecule has 124 valence electrons. The van der Waals surface area contributed by atoms with Crippen molar-refractivity contribution >= 4 is 15.9 Å². The van der Waals surface area contributed by atoms with Gasteiger partial charge in [0.2, 0.25) is 11.8 Å². The van der Waals surface area contributed by atoms with Crippen LogP contribution >= 0.6 is 15.9 Å². The highest BCUT2D eigenvalue weighted by Gasteiger charge is 2.37. The van der Waals surface area contributed by atoms with Crippen molar-refractivity contribution in [3.05, 3.63) is 69.4 Å². The number of aromatic amines is 1. The summed E-state index contributed by atoms with van der Waals surface area (Å²) in [4.78, 5) is 0. The lowest BCUT2D eigenvalue weighted by atomic mass is 9.86. The van der Waals surface area contributed by atoms with Crippen LogP contribution in [0.2, 0.25) is 0 Å². The first kappa shape index (κ1) is 15.5. The van der Waals surface area contributed by atoms with Gasteiger partial charge in [0.15, 0.2) is 0 Å². The topological polar surface area (TPSA) is 101 Å². The third kappa shape index (κ3) is 2.51. The third-order valence-electron chi connectivity index (χ3n) is 4.12. The molecule has 0 saturated carbocycles. The van der Waals surface area contributed by atoms with Crippen molar-refractivity contribution in [1.82, 2.24) is 10.2 Å². The lowest BCUT2D eigenvalue weighted by molar-refractivity contribution is 0.369. The maximum atomic E-state index is 9.61. The summed E-state index contributed by atoms with van der Waals surface area (Å²) in [5.41, 5.74) is 8.67. The summed E-state index contributed by atoms with van der Waals surface area (Å²) in [6.07, 6.45) is 0. The first-order valence-electron chi connectivity index (χ1n) is 7.56. The van der Waals surface area contributed by atoms with Gasteiger partial charge >= 0.3 is 0 Å². The van der Waals surface area contributed by atoms with Gasteiger partial charge in [0.05, 0.1) is 17.2 Å². The summed E-state index contributed by atoms with van der Waals surface area (Å²) in [6.45, 7) is 1.86. The molecule has 25 heavy (non-hydrogen) atoms. The van der Waals surface area contributed by atoms with Crippen molar-refractivity contribution in [2.24, 2.45) is 5.73 Å². The smallest absolute Gasteiger partial charge is 0.244 e. The first-order chi connectivity index (χ1) is 12.1. The Balaban J connectivity index is 1.94. The zero-order valence-corrected chi connectivity index (χ0v) is 14.8. The van der Waals surface area contributed by atoms with Crippen molar-refractivity contribution in [3.63, 3.8) is 0 Å². The van der Waals surface area contributed by atoms with Gasteiger partial charge in [0, 0.05) is 10.0 Å². The molecule has 1 aliphatic heterocycles. The highest BCUT2D eigenvalue weighted by molar-refractivity contribution is 9.10. The van der Waals surface area contributed by atoms with Gasteiger partial charge in [-0.3, -0.25) is 5.10 Å². The van der Waals surface area contributed by atoms with Gasteiger partial charge in [-0.1, -0.05) is 28.1 Å². The minimum absolute atomic E-state index is 0.0444. The Morgan fingerprint density at radius 1 is 1.24 bits per heavy atom. The molecule has 0 fully saturated rings. The van der Waals surface area contributed by atoms with Crippen molar-refractivity contribution in [2.75, 3.05) is 0 Å². The highest BCUT2D eigenvalue weighted by Crippen LogP contribution is 2.45. The number of furan rings is 1. The number of allylic oxidation sites excluding steroid dienone is 1. The standard InChI is InChI=1S/C18H13BrN4O2/c1-9-2-7-13(24-9)14-12(8-20)17(21)25-18-15(14)16(22-23-18)10-3-5-11(19)6-4-10/h2-7,14H,21H2,1H3,(H,22,23)/t14-/m1/s1. The number of rotatable bonds is 2. The average Bonchev–Trinajstić information content (AvgIpc) is 3.20. The Hall–Kier alpha value is -2.98. The second kappa shape index (κ2) is 5.83. The lowest BCUT2D eigenvalue weighted by Crippen LogP contribution is -2.20. The summed E-state index contributed by atoms with van der Waals surface area (Å²) in [5, 5.41) is 16.8. The number of hydrogen-bond donors (Lipinski definition) is 2. The summed E-state index contributed by atoms with van der Waals surface area (Å²) < 4.78 is 12.3. The van der Waals surface area contributed by atoms with Crippen LogP contribution in [0.4, 0.5) is 0 Å². The number of nitrogens with two attached hydrogens (primary N) is 1. The van der Waals surface area contributed by atoms with Gasteiger partial charge in [-0.05, 0) is 31.2 Å². The number of benzene rings is 1. The molecular formula is C18H13BrN4O2. The molecule has 2 aromatic heterocycles. The maximum absolute atomic E-state index is 9.61. The molecule has 1 aromatic carbocycles. The van der Waals surface area contributed by atoms with Crippen LogP contribution in [0.1, 0.15) is 23.0 Å². The van der Waals surface area contributed by atoms with E-state index in [9.17, 15) is 5.26 Å². The van der Waals surface area contributed by atoms with Crippen LogP contribution in [-0.2, 0) is 0 Å². The highest BCUT2D eigenvalue weighted by atomic mass is 79.9. The molecule has 6 nitrogen and oxygen atoms in total. The van der Waals surface area contributed by atoms with E-state index in [4.69, 9.17) is 14.9 Å². The monoisotopic (exact) mass is 396 g/mol. The van der Waals surface area contributed by atoms with Crippen LogP contribution < -0.4 is 10.5 Å². The second-order valence-electron chi connectivity index (χ2n) is 5.70. The fraction of sp³-hybridized carbons (Fsp3) is 0.111. The van der Waals surface area contributed by atoms with Crippen molar-refractivity contribution < 1.29 is 9.15 Å². The van der Waals surface area contributed by atoms with E-state index in [1.54, 1.807) is 0 Å². The molecule has 0 aliphatic carbocycles. The maximum Gasteiger partial charge on any atom is 0.244 e. The lowest BCUT2D eigenvalue weighted by Gasteiger charge is -2.22.